The number of carbonyl (C=O) groups excluding carboxylic acids is 2. The van der Waals surface area contributed by atoms with E-state index in [1.165, 1.54) is 12.2 Å². The maximum atomic E-state index is 12.7. The van der Waals surface area contributed by atoms with Gasteiger partial charge in [-0.25, -0.2) is 0 Å². The summed E-state index contributed by atoms with van der Waals surface area (Å²) in [4.78, 5) is 24.3. The van der Waals surface area contributed by atoms with E-state index < -0.39 is 18.6 Å². The minimum atomic E-state index is -3.19. The first kappa shape index (κ1) is 27.9. The SMILES string of the molecule is CCOP(=O)(Cc1ccc(NC(=O)/C=C(C)/C=C/C2(O)C(C)=CC(=O)CC2(C)C)cc1)OCC. The van der Waals surface area contributed by atoms with Crippen molar-refractivity contribution in [1.82, 2.24) is 0 Å². The lowest BCUT2D eigenvalue weighted by Crippen LogP contribution is -2.48. The largest absolute Gasteiger partial charge is 0.381 e. The predicted molar refractivity (Wildman–Crippen MR) is 135 cm³/mol. The standard InChI is InChI=1S/C26H36NO6P/c1-7-32-34(31,33-8-2)18-21-9-11-22(12-10-21)27-24(29)15-19(3)13-14-26(30)20(4)16-23(28)17-25(26,5)6/h9-16,30H,7-8,17-18H2,1-6H3,(H,27,29)/b14-13+,19-15+. The molecule has 0 radical (unpaired) electrons. The lowest BCUT2D eigenvalue weighted by atomic mass is 9.64. The van der Waals surface area contributed by atoms with E-state index in [1.54, 1.807) is 64.1 Å². The molecule has 0 aliphatic heterocycles. The number of anilines is 1. The number of rotatable bonds is 10. The molecule has 8 heteroatoms. The number of aliphatic hydroxyl groups is 1. The van der Waals surface area contributed by atoms with E-state index in [-0.39, 0.29) is 24.3 Å². The van der Waals surface area contributed by atoms with Crippen molar-refractivity contribution in [2.45, 2.75) is 59.7 Å². The van der Waals surface area contributed by atoms with Crippen LogP contribution in [0.15, 0.2) is 59.7 Å². The van der Waals surface area contributed by atoms with Crippen molar-refractivity contribution in [3.05, 3.63) is 65.3 Å². The molecule has 1 atom stereocenters. The van der Waals surface area contributed by atoms with Crippen LogP contribution in [0, 0.1) is 5.41 Å². The van der Waals surface area contributed by atoms with Crippen molar-refractivity contribution >= 4 is 25.0 Å². The molecule has 2 N–H and O–H groups in total. The van der Waals surface area contributed by atoms with E-state index in [9.17, 15) is 19.3 Å². The fourth-order valence-electron chi connectivity index (χ4n) is 3.99. The fourth-order valence-corrected chi connectivity index (χ4v) is 5.69. The summed E-state index contributed by atoms with van der Waals surface area (Å²) in [6, 6.07) is 7.00. The first-order valence-electron chi connectivity index (χ1n) is 11.4. The molecule has 1 amide bonds. The number of benzene rings is 1. The number of allylic oxidation sites excluding steroid dienone is 3. The lowest BCUT2D eigenvalue weighted by molar-refractivity contribution is -0.121. The Bertz CT molecular complexity index is 1030. The maximum absolute atomic E-state index is 12.7. The second-order valence-electron chi connectivity index (χ2n) is 9.13. The van der Waals surface area contributed by atoms with E-state index in [0.29, 0.717) is 30.0 Å². The molecule has 1 aromatic carbocycles. The van der Waals surface area contributed by atoms with Crippen LogP contribution >= 0.6 is 7.60 Å². The highest BCUT2D eigenvalue weighted by Gasteiger charge is 2.46. The van der Waals surface area contributed by atoms with Crippen LogP contribution in [0.4, 0.5) is 5.69 Å². The van der Waals surface area contributed by atoms with Gasteiger partial charge in [-0.05, 0) is 68.7 Å². The van der Waals surface area contributed by atoms with Gasteiger partial charge in [0.1, 0.15) is 5.60 Å². The fraction of sp³-hybridized carbons (Fsp3) is 0.462. The summed E-state index contributed by atoms with van der Waals surface area (Å²) in [6.07, 6.45) is 6.66. The molecule has 34 heavy (non-hydrogen) atoms. The van der Waals surface area contributed by atoms with Crippen molar-refractivity contribution in [3.63, 3.8) is 0 Å². The molecule has 0 saturated heterocycles. The van der Waals surface area contributed by atoms with Crippen LogP contribution in [0.1, 0.15) is 53.5 Å². The molecule has 186 valence electrons. The predicted octanol–water partition coefficient (Wildman–Crippen LogP) is 5.57. The quantitative estimate of drug-likeness (QED) is 0.253. The summed E-state index contributed by atoms with van der Waals surface area (Å²) in [6.45, 7) is 11.3. The first-order chi connectivity index (χ1) is 15.8. The molecule has 0 spiro atoms. The number of nitrogens with one attached hydrogen (secondary N) is 1. The van der Waals surface area contributed by atoms with E-state index in [2.05, 4.69) is 5.32 Å². The molecule has 1 aliphatic rings. The monoisotopic (exact) mass is 489 g/mol. The molecule has 2 rings (SSSR count). The van der Waals surface area contributed by atoms with Gasteiger partial charge in [-0.3, -0.25) is 14.2 Å². The summed E-state index contributed by atoms with van der Waals surface area (Å²) >= 11 is 0. The molecule has 0 heterocycles. The molecule has 1 aromatic rings. The highest BCUT2D eigenvalue weighted by molar-refractivity contribution is 7.53. The molecule has 7 nitrogen and oxygen atoms in total. The molecule has 0 saturated carbocycles. The normalized spacial score (nSPS) is 21.0. The van der Waals surface area contributed by atoms with Gasteiger partial charge in [0, 0.05) is 23.6 Å². The van der Waals surface area contributed by atoms with Gasteiger partial charge in [-0.1, -0.05) is 32.1 Å². The summed E-state index contributed by atoms with van der Waals surface area (Å²) in [5, 5.41) is 14.0. The Morgan fingerprint density at radius 1 is 1.18 bits per heavy atom. The molecular weight excluding hydrogens is 453 g/mol. The zero-order chi connectivity index (χ0) is 25.6. The first-order valence-corrected chi connectivity index (χ1v) is 13.2. The van der Waals surface area contributed by atoms with Crippen LogP contribution in [-0.4, -0.2) is 35.6 Å². The van der Waals surface area contributed by atoms with E-state index >= 15 is 0 Å². The molecule has 0 bridgehead atoms. The zero-order valence-electron chi connectivity index (χ0n) is 20.9. The number of hydrogen-bond donors (Lipinski definition) is 2. The van der Waals surface area contributed by atoms with Gasteiger partial charge in [0.2, 0.25) is 5.91 Å². The van der Waals surface area contributed by atoms with Crippen molar-refractivity contribution < 1.29 is 28.3 Å². The van der Waals surface area contributed by atoms with E-state index in [0.717, 1.165) is 5.56 Å². The van der Waals surface area contributed by atoms with Gasteiger partial charge in [0.15, 0.2) is 5.78 Å². The van der Waals surface area contributed by atoms with Crippen molar-refractivity contribution in [3.8, 4) is 0 Å². The van der Waals surface area contributed by atoms with Crippen molar-refractivity contribution in [2.24, 2.45) is 5.41 Å². The van der Waals surface area contributed by atoms with Gasteiger partial charge in [-0.2, -0.15) is 0 Å². The average molecular weight is 490 g/mol. The maximum Gasteiger partial charge on any atom is 0.335 e. The van der Waals surface area contributed by atoms with Crippen molar-refractivity contribution in [2.75, 3.05) is 18.5 Å². The molecule has 0 fully saturated rings. The second-order valence-corrected chi connectivity index (χ2v) is 11.2. The molecular formula is C26H36NO6P. The van der Waals surface area contributed by atoms with Gasteiger partial charge in [0.25, 0.3) is 0 Å². The second kappa shape index (κ2) is 11.4. The Balaban J connectivity index is 2.06. The summed E-state index contributed by atoms with van der Waals surface area (Å²) in [5.74, 6) is -0.321. The summed E-state index contributed by atoms with van der Waals surface area (Å²) in [7, 11) is -3.19. The summed E-state index contributed by atoms with van der Waals surface area (Å²) < 4.78 is 23.3. The van der Waals surface area contributed by atoms with Gasteiger partial charge in [-0.15, -0.1) is 0 Å². The highest BCUT2D eigenvalue weighted by Crippen LogP contribution is 2.51. The number of carbonyl (C=O) groups is 2. The van der Waals surface area contributed by atoms with Gasteiger partial charge < -0.3 is 19.5 Å². The third kappa shape index (κ3) is 7.09. The van der Waals surface area contributed by atoms with Crippen LogP contribution in [0.5, 0.6) is 0 Å². The Morgan fingerprint density at radius 3 is 2.29 bits per heavy atom. The lowest BCUT2D eigenvalue weighted by Gasteiger charge is -2.44. The Kier molecular flexibility index (Phi) is 9.37. The Morgan fingerprint density at radius 2 is 1.76 bits per heavy atom. The molecule has 1 unspecified atom stereocenters. The highest BCUT2D eigenvalue weighted by atomic mass is 31.2. The zero-order valence-corrected chi connectivity index (χ0v) is 21.8. The number of hydrogen-bond acceptors (Lipinski definition) is 6. The Hall–Kier alpha value is -2.31. The Labute approximate surface area is 202 Å². The van der Waals surface area contributed by atoms with Crippen LogP contribution in [0.25, 0.3) is 0 Å². The number of ketones is 1. The van der Waals surface area contributed by atoms with E-state index in [4.69, 9.17) is 9.05 Å². The van der Waals surface area contributed by atoms with Crippen molar-refractivity contribution in [1.29, 1.82) is 0 Å². The van der Waals surface area contributed by atoms with Crippen LogP contribution in [0.3, 0.4) is 0 Å². The topological polar surface area (TPSA) is 102 Å². The van der Waals surface area contributed by atoms with Crippen LogP contribution in [0.2, 0.25) is 0 Å². The minimum Gasteiger partial charge on any atom is -0.381 e. The van der Waals surface area contributed by atoms with Gasteiger partial charge in [0.05, 0.1) is 19.4 Å². The van der Waals surface area contributed by atoms with Gasteiger partial charge >= 0.3 is 7.60 Å². The smallest absolute Gasteiger partial charge is 0.335 e. The molecule has 0 aromatic heterocycles. The van der Waals surface area contributed by atoms with Crippen LogP contribution in [-0.2, 0) is 29.4 Å². The van der Waals surface area contributed by atoms with Crippen LogP contribution < -0.4 is 5.32 Å². The molecule has 1 aliphatic carbocycles. The minimum absolute atomic E-state index is 0.00293. The third-order valence-corrected chi connectivity index (χ3v) is 7.88. The average Bonchev–Trinajstić information content (AvgIpc) is 2.72. The summed E-state index contributed by atoms with van der Waals surface area (Å²) in [5.41, 5.74) is 0.679. The third-order valence-electron chi connectivity index (χ3n) is 5.82. The van der Waals surface area contributed by atoms with E-state index in [1.807, 2.05) is 13.8 Å². The number of amides is 1.